The van der Waals surface area contributed by atoms with Crippen molar-refractivity contribution in [3.63, 3.8) is 0 Å². The summed E-state index contributed by atoms with van der Waals surface area (Å²) in [5.74, 6) is -1.01. The van der Waals surface area contributed by atoms with E-state index in [0.717, 1.165) is 0 Å². The molecule has 0 aromatic heterocycles. The Hall–Kier alpha value is -1.99. The Morgan fingerprint density at radius 3 is 1.71 bits per heavy atom. The lowest BCUT2D eigenvalue weighted by molar-refractivity contribution is -0.0966. The highest BCUT2D eigenvalue weighted by Gasteiger charge is 2.54. The molecular formula is C16H17F5O3. The number of carbonyl (C=O) groups excluding carboxylic acids is 2. The quantitative estimate of drug-likeness (QED) is 0.368. The van der Waals surface area contributed by atoms with Crippen LogP contribution in [-0.2, 0) is 4.74 Å². The first kappa shape index (κ1) is 20.1. The van der Waals surface area contributed by atoms with Gasteiger partial charge in [-0.1, -0.05) is 12.1 Å². The average molecular weight is 352 g/mol. The number of halogens is 5. The second-order valence-electron chi connectivity index (χ2n) is 5.54. The number of carbonyl (C=O) groups is 2. The monoisotopic (exact) mass is 352 g/mol. The van der Waals surface area contributed by atoms with Crippen molar-refractivity contribution in [2.24, 2.45) is 10.8 Å². The molecule has 3 nitrogen and oxygen atoms in total. The highest BCUT2D eigenvalue weighted by atomic mass is 19.2. The maximum absolute atomic E-state index is 13.4. The molecule has 0 atom stereocenters. The first-order chi connectivity index (χ1) is 11.5. The minimum absolute atomic E-state index is 0.0291. The van der Waals surface area contributed by atoms with Gasteiger partial charge in [-0.3, -0.25) is 26.7 Å². The molecule has 24 heavy (non-hydrogen) atoms. The molecule has 0 fully saturated rings. The Balaban J connectivity index is 2.96. The predicted molar refractivity (Wildman–Crippen MR) is 76.9 cm³/mol. The summed E-state index contributed by atoms with van der Waals surface area (Å²) in [6.07, 6.45) is 0.546. The topological polar surface area (TPSA) is 43.4 Å². The van der Waals surface area contributed by atoms with E-state index in [4.69, 9.17) is 4.74 Å². The number of rotatable bonds is 10. The Kier molecular flexibility index (Phi) is 7.31. The molecule has 0 aliphatic rings. The van der Waals surface area contributed by atoms with Crippen LogP contribution >= 0.6 is 0 Å². The predicted octanol–water partition coefficient (Wildman–Crippen LogP) is 3.48. The molecule has 0 spiro atoms. The SMILES string of the molecule is O=Cc1ccc(C(=O)OCC(CF)(CF)C(CF)(CF)CF)cc1. The fraction of sp³-hybridized carbons (Fsp3) is 0.500. The van der Waals surface area contributed by atoms with Gasteiger partial charge in [-0.25, -0.2) is 4.79 Å². The number of benzene rings is 1. The van der Waals surface area contributed by atoms with Gasteiger partial charge in [0.1, 0.15) is 46.3 Å². The van der Waals surface area contributed by atoms with Crippen LogP contribution in [0.5, 0.6) is 0 Å². The summed E-state index contributed by atoms with van der Waals surface area (Å²) in [6, 6.07) is 5.11. The molecule has 0 amide bonds. The van der Waals surface area contributed by atoms with E-state index in [-0.39, 0.29) is 5.56 Å². The van der Waals surface area contributed by atoms with Crippen LogP contribution in [0.15, 0.2) is 24.3 Å². The minimum atomic E-state index is -2.56. The zero-order valence-electron chi connectivity index (χ0n) is 12.7. The molecule has 0 radical (unpaired) electrons. The van der Waals surface area contributed by atoms with Crippen molar-refractivity contribution < 1.29 is 36.3 Å². The second-order valence-corrected chi connectivity index (χ2v) is 5.54. The molecular weight excluding hydrogens is 335 g/mol. The lowest BCUT2D eigenvalue weighted by atomic mass is 9.67. The van der Waals surface area contributed by atoms with Crippen LogP contribution < -0.4 is 0 Å². The maximum atomic E-state index is 13.4. The fourth-order valence-electron chi connectivity index (χ4n) is 2.07. The molecule has 8 heteroatoms. The minimum Gasteiger partial charge on any atom is -0.461 e. The smallest absolute Gasteiger partial charge is 0.338 e. The van der Waals surface area contributed by atoms with Crippen molar-refractivity contribution in [3.05, 3.63) is 35.4 Å². The molecule has 0 unspecified atom stereocenters. The second kappa shape index (κ2) is 8.75. The zero-order valence-corrected chi connectivity index (χ0v) is 12.7. The van der Waals surface area contributed by atoms with Crippen LogP contribution in [0.4, 0.5) is 22.0 Å². The Labute approximate surface area is 135 Å². The van der Waals surface area contributed by atoms with E-state index in [1.807, 2.05) is 0 Å². The highest BCUT2D eigenvalue weighted by molar-refractivity contribution is 5.90. The zero-order chi connectivity index (χ0) is 18.2. The van der Waals surface area contributed by atoms with Gasteiger partial charge in [0, 0.05) is 5.56 Å². The third-order valence-electron chi connectivity index (χ3n) is 4.17. The molecule has 0 bridgehead atoms. The molecule has 1 rings (SSSR count). The normalized spacial score (nSPS) is 12.0. The van der Waals surface area contributed by atoms with Crippen LogP contribution in [0.3, 0.4) is 0 Å². The first-order valence-corrected chi connectivity index (χ1v) is 7.00. The lowest BCUT2D eigenvalue weighted by Crippen LogP contribution is -2.53. The van der Waals surface area contributed by atoms with E-state index in [0.29, 0.717) is 11.8 Å². The van der Waals surface area contributed by atoms with E-state index in [1.165, 1.54) is 24.3 Å². The van der Waals surface area contributed by atoms with Crippen molar-refractivity contribution in [3.8, 4) is 0 Å². The van der Waals surface area contributed by atoms with E-state index >= 15 is 0 Å². The lowest BCUT2D eigenvalue weighted by Gasteiger charge is -2.42. The van der Waals surface area contributed by atoms with Crippen LogP contribution in [-0.4, -0.2) is 52.2 Å². The molecule has 1 aromatic carbocycles. The number of alkyl halides is 5. The molecule has 134 valence electrons. The Morgan fingerprint density at radius 2 is 1.33 bits per heavy atom. The Morgan fingerprint density at radius 1 is 0.875 bits per heavy atom. The third kappa shape index (κ3) is 3.73. The molecule has 0 aliphatic carbocycles. The number of hydrogen-bond donors (Lipinski definition) is 0. The van der Waals surface area contributed by atoms with Crippen molar-refractivity contribution >= 4 is 12.3 Å². The Bertz CT molecular complexity index is 531. The van der Waals surface area contributed by atoms with E-state index in [2.05, 4.69) is 0 Å². The van der Waals surface area contributed by atoms with Crippen LogP contribution in [0.2, 0.25) is 0 Å². The summed E-state index contributed by atoms with van der Waals surface area (Å²) in [7, 11) is 0. The maximum Gasteiger partial charge on any atom is 0.338 e. The number of ether oxygens (including phenoxy) is 1. The van der Waals surface area contributed by atoms with Gasteiger partial charge < -0.3 is 4.74 Å². The fourth-order valence-corrected chi connectivity index (χ4v) is 2.07. The van der Waals surface area contributed by atoms with Gasteiger partial charge in [0.2, 0.25) is 0 Å². The molecule has 0 saturated heterocycles. The summed E-state index contributed by atoms with van der Waals surface area (Å²) in [4.78, 5) is 22.4. The third-order valence-corrected chi connectivity index (χ3v) is 4.17. The van der Waals surface area contributed by atoms with Crippen molar-refractivity contribution in [1.82, 2.24) is 0 Å². The molecule has 0 N–H and O–H groups in total. The first-order valence-electron chi connectivity index (χ1n) is 7.00. The van der Waals surface area contributed by atoms with Gasteiger partial charge in [-0.2, -0.15) is 0 Å². The average Bonchev–Trinajstić information content (AvgIpc) is 2.65. The summed E-state index contributed by atoms with van der Waals surface area (Å²) in [5.41, 5.74) is -4.75. The summed E-state index contributed by atoms with van der Waals surface area (Å²) >= 11 is 0. The molecule has 0 heterocycles. The standard InChI is InChI=1S/C16H17F5O3/c17-6-15(7-18,8-19)16(9-20,10-21)11-24-14(23)13-3-1-12(5-22)2-4-13/h1-5H,6-11H2. The molecule has 0 aliphatic heterocycles. The molecule has 0 saturated carbocycles. The van der Waals surface area contributed by atoms with Crippen molar-refractivity contribution in [1.29, 1.82) is 0 Å². The number of hydrogen-bond acceptors (Lipinski definition) is 3. The molecule has 1 aromatic rings. The summed E-state index contributed by atoms with van der Waals surface area (Å²) in [5, 5.41) is 0. The van der Waals surface area contributed by atoms with Crippen LogP contribution in [0.25, 0.3) is 0 Å². The van der Waals surface area contributed by atoms with Gasteiger partial charge in [0.05, 0.1) is 16.4 Å². The largest absolute Gasteiger partial charge is 0.461 e. The van der Waals surface area contributed by atoms with Gasteiger partial charge in [-0.05, 0) is 12.1 Å². The van der Waals surface area contributed by atoms with Crippen molar-refractivity contribution in [2.75, 3.05) is 40.0 Å². The highest BCUT2D eigenvalue weighted by Crippen LogP contribution is 2.43. The summed E-state index contributed by atoms with van der Waals surface area (Å²) in [6.45, 7) is -9.14. The van der Waals surface area contributed by atoms with E-state index in [9.17, 15) is 31.5 Å². The van der Waals surface area contributed by atoms with Gasteiger partial charge in [0.15, 0.2) is 0 Å². The van der Waals surface area contributed by atoms with Gasteiger partial charge in [-0.15, -0.1) is 0 Å². The van der Waals surface area contributed by atoms with E-state index in [1.54, 1.807) is 0 Å². The number of aldehydes is 1. The summed E-state index contributed by atoms with van der Waals surface area (Å²) < 4.78 is 70.8. The van der Waals surface area contributed by atoms with Gasteiger partial charge >= 0.3 is 5.97 Å². The van der Waals surface area contributed by atoms with Crippen LogP contribution in [0, 0.1) is 10.8 Å². The van der Waals surface area contributed by atoms with E-state index < -0.39 is 56.8 Å². The van der Waals surface area contributed by atoms with Gasteiger partial charge in [0.25, 0.3) is 0 Å². The van der Waals surface area contributed by atoms with Crippen molar-refractivity contribution in [2.45, 2.75) is 0 Å². The van der Waals surface area contributed by atoms with Crippen LogP contribution in [0.1, 0.15) is 20.7 Å². The number of esters is 1.